The van der Waals surface area contributed by atoms with Crippen molar-refractivity contribution in [1.82, 2.24) is 0 Å². The van der Waals surface area contributed by atoms with Gasteiger partial charge >= 0.3 is 5.97 Å². The predicted octanol–water partition coefficient (Wildman–Crippen LogP) is 2.21. The summed E-state index contributed by atoms with van der Waals surface area (Å²) in [6.07, 6.45) is 4.38. The Bertz CT molecular complexity index is 451. The maximum absolute atomic E-state index is 11.7. The van der Waals surface area contributed by atoms with Gasteiger partial charge in [-0.3, -0.25) is 0 Å². The lowest BCUT2D eigenvalue weighted by Gasteiger charge is -2.50. The Morgan fingerprint density at radius 2 is 2.28 bits per heavy atom. The van der Waals surface area contributed by atoms with Gasteiger partial charge in [-0.05, 0) is 31.6 Å². The number of fused-ring (bicyclic) bond motifs is 3. The summed E-state index contributed by atoms with van der Waals surface area (Å²) in [5.74, 6) is -0.299. The van der Waals surface area contributed by atoms with Crippen LogP contribution in [0.25, 0.3) is 0 Å². The molecule has 1 saturated heterocycles. The number of aliphatic hydroxyl groups excluding tert-OH is 1. The van der Waals surface area contributed by atoms with Crippen LogP contribution in [0.1, 0.15) is 33.1 Å². The highest BCUT2D eigenvalue weighted by Gasteiger charge is 2.57. The molecule has 1 saturated carbocycles. The van der Waals surface area contributed by atoms with E-state index in [-0.39, 0.29) is 29.3 Å². The summed E-state index contributed by atoms with van der Waals surface area (Å²) < 4.78 is 5.51. The Balaban J connectivity index is 2.05. The zero-order chi connectivity index (χ0) is 13.1. The molecular formula is C15H20O3. The van der Waals surface area contributed by atoms with Crippen molar-refractivity contribution in [2.24, 2.45) is 17.3 Å². The van der Waals surface area contributed by atoms with E-state index in [1.54, 1.807) is 0 Å². The molecule has 1 heterocycles. The van der Waals surface area contributed by atoms with Gasteiger partial charge in [0.2, 0.25) is 0 Å². The summed E-state index contributed by atoms with van der Waals surface area (Å²) in [5, 5.41) is 10.3. The third-order valence-electron chi connectivity index (χ3n) is 5.10. The molecule has 3 nitrogen and oxygen atoms in total. The molecule has 0 aromatic rings. The standard InChI is InChI=1S/C15H20O3/c1-8-5-4-6-15(3)7-10(16)11-9(2)14(17)18-13(11)12(8)15/h5,10-13,16H,2,4,6-7H2,1,3H3/t10-,11-,12-,13+,15-/m1/s1. The first-order valence-electron chi connectivity index (χ1n) is 6.68. The van der Waals surface area contributed by atoms with E-state index in [1.807, 2.05) is 0 Å². The van der Waals surface area contributed by atoms with Crippen LogP contribution in [0.5, 0.6) is 0 Å². The largest absolute Gasteiger partial charge is 0.458 e. The number of carbonyl (C=O) groups excluding carboxylic acids is 1. The molecule has 0 aromatic carbocycles. The monoisotopic (exact) mass is 248 g/mol. The minimum Gasteiger partial charge on any atom is -0.458 e. The van der Waals surface area contributed by atoms with Crippen LogP contribution in [0.15, 0.2) is 23.8 Å². The molecule has 0 bridgehead atoms. The molecule has 0 amide bonds. The van der Waals surface area contributed by atoms with Crippen LogP contribution in [0.4, 0.5) is 0 Å². The van der Waals surface area contributed by atoms with Crippen LogP contribution in [-0.2, 0) is 9.53 Å². The van der Waals surface area contributed by atoms with Gasteiger partial charge in [-0.1, -0.05) is 25.2 Å². The Morgan fingerprint density at radius 3 is 3.00 bits per heavy atom. The molecular weight excluding hydrogens is 228 g/mol. The number of hydrogen-bond donors (Lipinski definition) is 1. The van der Waals surface area contributed by atoms with Crippen LogP contribution in [0, 0.1) is 17.3 Å². The highest BCUT2D eigenvalue weighted by atomic mass is 16.6. The SMILES string of the molecule is C=C1C(=O)O[C@H]2[C@H]1[C@H](O)C[C@@]1(C)CCC=C(C)[C@H]21. The summed E-state index contributed by atoms with van der Waals surface area (Å²) in [6.45, 7) is 8.13. The van der Waals surface area contributed by atoms with E-state index in [1.165, 1.54) is 5.57 Å². The van der Waals surface area contributed by atoms with Gasteiger partial charge in [0.15, 0.2) is 0 Å². The Labute approximate surface area is 108 Å². The van der Waals surface area contributed by atoms with E-state index in [0.717, 1.165) is 19.3 Å². The van der Waals surface area contributed by atoms with Gasteiger partial charge in [0.25, 0.3) is 0 Å². The molecule has 5 atom stereocenters. The van der Waals surface area contributed by atoms with E-state index < -0.39 is 6.10 Å². The number of hydrogen-bond acceptors (Lipinski definition) is 3. The summed E-state index contributed by atoms with van der Waals surface area (Å²) in [4.78, 5) is 11.7. The molecule has 3 heteroatoms. The van der Waals surface area contributed by atoms with Gasteiger partial charge in [0.1, 0.15) is 6.10 Å². The fraction of sp³-hybridized carbons (Fsp3) is 0.667. The van der Waals surface area contributed by atoms with Crippen LogP contribution in [0.3, 0.4) is 0 Å². The van der Waals surface area contributed by atoms with Crippen molar-refractivity contribution in [1.29, 1.82) is 0 Å². The van der Waals surface area contributed by atoms with Crippen LogP contribution in [0.2, 0.25) is 0 Å². The Hall–Kier alpha value is -1.09. The molecule has 3 rings (SSSR count). The van der Waals surface area contributed by atoms with Crippen LogP contribution >= 0.6 is 0 Å². The maximum Gasteiger partial charge on any atom is 0.334 e. The van der Waals surface area contributed by atoms with Crippen molar-refractivity contribution < 1.29 is 14.6 Å². The first-order chi connectivity index (χ1) is 8.44. The number of esters is 1. The second kappa shape index (κ2) is 3.70. The molecule has 0 unspecified atom stereocenters. The van der Waals surface area contributed by atoms with Crippen molar-refractivity contribution >= 4 is 5.97 Å². The topological polar surface area (TPSA) is 46.5 Å². The van der Waals surface area contributed by atoms with Gasteiger partial charge in [-0.15, -0.1) is 0 Å². The number of allylic oxidation sites excluding steroid dienone is 1. The van der Waals surface area contributed by atoms with E-state index in [2.05, 4.69) is 26.5 Å². The van der Waals surface area contributed by atoms with E-state index in [9.17, 15) is 9.90 Å². The number of carbonyl (C=O) groups is 1. The summed E-state index contributed by atoms with van der Waals surface area (Å²) in [6, 6.07) is 0. The van der Waals surface area contributed by atoms with Crippen molar-refractivity contribution in [3.05, 3.63) is 23.8 Å². The van der Waals surface area contributed by atoms with Crippen LogP contribution < -0.4 is 0 Å². The number of rotatable bonds is 0. The normalized spacial score (nSPS) is 47.2. The average molecular weight is 248 g/mol. The molecule has 98 valence electrons. The Kier molecular flexibility index (Phi) is 2.46. The fourth-order valence-corrected chi connectivity index (χ4v) is 4.28. The second-order valence-electron chi connectivity index (χ2n) is 6.31. The minimum atomic E-state index is -0.499. The highest BCUT2D eigenvalue weighted by molar-refractivity contribution is 5.91. The molecule has 1 N–H and O–H groups in total. The zero-order valence-corrected chi connectivity index (χ0v) is 11.0. The van der Waals surface area contributed by atoms with Crippen molar-refractivity contribution in [3.63, 3.8) is 0 Å². The highest BCUT2D eigenvalue weighted by Crippen LogP contribution is 2.56. The number of aliphatic hydroxyl groups is 1. The lowest BCUT2D eigenvalue weighted by molar-refractivity contribution is -0.148. The smallest absolute Gasteiger partial charge is 0.334 e. The van der Waals surface area contributed by atoms with Gasteiger partial charge in [-0.25, -0.2) is 4.79 Å². The van der Waals surface area contributed by atoms with E-state index >= 15 is 0 Å². The second-order valence-corrected chi connectivity index (χ2v) is 6.31. The van der Waals surface area contributed by atoms with Crippen molar-refractivity contribution in [2.45, 2.75) is 45.3 Å². The summed E-state index contributed by atoms with van der Waals surface area (Å²) >= 11 is 0. The third-order valence-corrected chi connectivity index (χ3v) is 5.10. The van der Waals surface area contributed by atoms with E-state index in [0.29, 0.717) is 5.57 Å². The molecule has 1 aliphatic heterocycles. The van der Waals surface area contributed by atoms with E-state index in [4.69, 9.17) is 4.74 Å². The zero-order valence-electron chi connectivity index (χ0n) is 11.0. The molecule has 0 radical (unpaired) electrons. The fourth-order valence-electron chi connectivity index (χ4n) is 4.28. The lowest BCUT2D eigenvalue weighted by atomic mass is 9.55. The van der Waals surface area contributed by atoms with Crippen LogP contribution in [-0.4, -0.2) is 23.3 Å². The molecule has 3 aliphatic rings. The van der Waals surface area contributed by atoms with Crippen molar-refractivity contribution in [3.8, 4) is 0 Å². The molecule has 18 heavy (non-hydrogen) atoms. The Morgan fingerprint density at radius 1 is 1.56 bits per heavy atom. The molecule has 2 aliphatic carbocycles. The average Bonchev–Trinajstić information content (AvgIpc) is 2.54. The lowest BCUT2D eigenvalue weighted by Crippen LogP contribution is -2.51. The van der Waals surface area contributed by atoms with Gasteiger partial charge in [0.05, 0.1) is 12.0 Å². The maximum atomic E-state index is 11.7. The number of ether oxygens (including phenoxy) is 1. The van der Waals surface area contributed by atoms with Gasteiger partial charge in [0, 0.05) is 11.5 Å². The summed E-state index contributed by atoms with van der Waals surface area (Å²) in [7, 11) is 0. The first kappa shape index (κ1) is 12.0. The molecule has 2 fully saturated rings. The first-order valence-corrected chi connectivity index (χ1v) is 6.68. The quantitative estimate of drug-likeness (QED) is 0.406. The minimum absolute atomic E-state index is 0.0459. The van der Waals surface area contributed by atoms with Crippen molar-refractivity contribution in [2.75, 3.05) is 0 Å². The predicted molar refractivity (Wildman–Crippen MR) is 67.7 cm³/mol. The third kappa shape index (κ3) is 1.43. The molecule has 0 aromatic heterocycles. The summed E-state index contributed by atoms with van der Waals surface area (Å²) in [5.41, 5.74) is 1.80. The molecule has 0 spiro atoms. The van der Waals surface area contributed by atoms with Gasteiger partial charge in [-0.2, -0.15) is 0 Å². The van der Waals surface area contributed by atoms with Gasteiger partial charge < -0.3 is 9.84 Å².